The fraction of sp³-hybridized carbons (Fsp3) is 0.588. The lowest BCUT2D eigenvalue weighted by Crippen LogP contribution is -2.47. The average molecular weight is 372 g/mol. The van der Waals surface area contributed by atoms with E-state index in [9.17, 15) is 9.18 Å². The van der Waals surface area contributed by atoms with Gasteiger partial charge in [0.1, 0.15) is 11.3 Å². The largest absolute Gasteiger partial charge is 0.444 e. The molecule has 1 aliphatic heterocycles. The van der Waals surface area contributed by atoms with E-state index in [0.29, 0.717) is 32.4 Å². The Morgan fingerprint density at radius 2 is 1.82 bits per heavy atom. The van der Waals surface area contributed by atoms with Crippen LogP contribution in [0.4, 0.5) is 9.18 Å². The van der Waals surface area contributed by atoms with Crippen molar-refractivity contribution in [1.82, 2.24) is 4.90 Å². The normalized spacial score (nSPS) is 18.1. The third kappa shape index (κ3) is 4.97. The van der Waals surface area contributed by atoms with E-state index in [2.05, 4.69) is 15.9 Å². The van der Waals surface area contributed by atoms with Crippen LogP contribution in [-0.2, 0) is 11.2 Å². The van der Waals surface area contributed by atoms with Gasteiger partial charge in [0.05, 0.1) is 0 Å². The van der Waals surface area contributed by atoms with Gasteiger partial charge in [-0.05, 0) is 51.3 Å². The molecule has 122 valence electrons. The van der Waals surface area contributed by atoms with Gasteiger partial charge in [0.15, 0.2) is 0 Å². The lowest BCUT2D eigenvalue weighted by molar-refractivity contribution is 0.00340. The summed E-state index contributed by atoms with van der Waals surface area (Å²) in [5, 5.41) is 0. The number of rotatable bonds is 2. The molecule has 1 heterocycles. The van der Waals surface area contributed by atoms with Crippen molar-refractivity contribution in [3.8, 4) is 0 Å². The zero-order valence-corrected chi connectivity index (χ0v) is 15.0. The topological polar surface area (TPSA) is 29.5 Å². The van der Waals surface area contributed by atoms with E-state index in [1.54, 1.807) is 4.90 Å². The van der Waals surface area contributed by atoms with Crippen molar-refractivity contribution in [2.45, 2.75) is 51.3 Å². The molecule has 1 fully saturated rings. The SMILES string of the molecule is CC(C)(C)OC(=O)N1CCC(F)(Cc2ccc(Br)cc2)CC1. The number of benzene rings is 1. The van der Waals surface area contributed by atoms with E-state index in [1.165, 1.54) is 0 Å². The Hall–Kier alpha value is -1.10. The van der Waals surface area contributed by atoms with Gasteiger partial charge >= 0.3 is 6.09 Å². The third-order valence-corrected chi connectivity index (χ3v) is 4.27. The van der Waals surface area contributed by atoms with Crippen molar-refractivity contribution in [3.63, 3.8) is 0 Å². The van der Waals surface area contributed by atoms with Crippen molar-refractivity contribution < 1.29 is 13.9 Å². The van der Waals surface area contributed by atoms with Crippen molar-refractivity contribution in [1.29, 1.82) is 0 Å². The highest BCUT2D eigenvalue weighted by Crippen LogP contribution is 2.31. The van der Waals surface area contributed by atoms with Gasteiger partial charge in [-0.3, -0.25) is 0 Å². The number of amides is 1. The van der Waals surface area contributed by atoms with Crippen LogP contribution in [0.5, 0.6) is 0 Å². The Morgan fingerprint density at radius 1 is 1.27 bits per heavy atom. The first-order chi connectivity index (χ1) is 10.2. The van der Waals surface area contributed by atoms with Crippen LogP contribution in [-0.4, -0.2) is 35.4 Å². The second-order valence-corrected chi connectivity index (χ2v) is 7.84. The van der Waals surface area contributed by atoms with Crippen LogP contribution in [0.25, 0.3) is 0 Å². The molecule has 22 heavy (non-hydrogen) atoms. The lowest BCUT2D eigenvalue weighted by Gasteiger charge is -2.37. The highest BCUT2D eigenvalue weighted by atomic mass is 79.9. The van der Waals surface area contributed by atoms with Crippen LogP contribution in [0.3, 0.4) is 0 Å². The molecule has 3 nitrogen and oxygen atoms in total. The quantitative estimate of drug-likeness (QED) is 0.751. The minimum Gasteiger partial charge on any atom is -0.444 e. The zero-order valence-electron chi connectivity index (χ0n) is 13.4. The van der Waals surface area contributed by atoms with E-state index in [1.807, 2.05) is 45.0 Å². The summed E-state index contributed by atoms with van der Waals surface area (Å²) in [6, 6.07) is 7.72. The van der Waals surface area contributed by atoms with Crippen molar-refractivity contribution >= 4 is 22.0 Å². The summed E-state index contributed by atoms with van der Waals surface area (Å²) in [7, 11) is 0. The van der Waals surface area contributed by atoms with Crippen LogP contribution in [0.15, 0.2) is 28.7 Å². The standard InChI is InChI=1S/C17H23BrFNO2/c1-16(2,3)22-15(21)20-10-8-17(19,9-11-20)12-13-4-6-14(18)7-5-13/h4-7H,8-12H2,1-3H3. The van der Waals surface area contributed by atoms with Gasteiger partial charge in [0, 0.05) is 24.0 Å². The molecule has 0 radical (unpaired) electrons. The molecule has 1 aromatic rings. The predicted octanol–water partition coefficient (Wildman–Crippen LogP) is 4.73. The summed E-state index contributed by atoms with van der Waals surface area (Å²) >= 11 is 3.38. The highest BCUT2D eigenvalue weighted by Gasteiger charge is 2.37. The van der Waals surface area contributed by atoms with Crippen molar-refractivity contribution in [3.05, 3.63) is 34.3 Å². The highest BCUT2D eigenvalue weighted by molar-refractivity contribution is 9.10. The monoisotopic (exact) mass is 371 g/mol. The minimum absolute atomic E-state index is 0.349. The van der Waals surface area contributed by atoms with E-state index in [0.717, 1.165) is 10.0 Å². The molecule has 1 saturated heterocycles. The summed E-state index contributed by atoms with van der Waals surface area (Å²) in [5.74, 6) is 0. The van der Waals surface area contributed by atoms with E-state index in [-0.39, 0.29) is 6.09 Å². The number of halogens is 2. The second kappa shape index (κ2) is 6.57. The lowest BCUT2D eigenvalue weighted by atomic mass is 9.87. The number of ether oxygens (including phenoxy) is 1. The first-order valence-corrected chi connectivity index (χ1v) is 8.37. The molecule has 5 heteroatoms. The molecular weight excluding hydrogens is 349 g/mol. The minimum atomic E-state index is -1.24. The Morgan fingerprint density at radius 3 is 2.32 bits per heavy atom. The Bertz CT molecular complexity index is 516. The van der Waals surface area contributed by atoms with E-state index >= 15 is 0 Å². The third-order valence-electron chi connectivity index (χ3n) is 3.75. The first-order valence-electron chi connectivity index (χ1n) is 7.58. The Balaban J connectivity index is 1.90. The summed E-state index contributed by atoms with van der Waals surface area (Å²) in [6.07, 6.45) is 0.741. The van der Waals surface area contributed by atoms with Gasteiger partial charge in [-0.2, -0.15) is 0 Å². The molecule has 0 saturated carbocycles. The number of carbonyl (C=O) groups is 1. The van der Waals surface area contributed by atoms with Crippen LogP contribution in [0.2, 0.25) is 0 Å². The summed E-state index contributed by atoms with van der Waals surface area (Å²) < 4.78 is 21.3. The molecule has 0 aliphatic carbocycles. The van der Waals surface area contributed by atoms with Crippen molar-refractivity contribution in [2.24, 2.45) is 0 Å². The number of hydrogen-bond donors (Lipinski definition) is 0. The maximum atomic E-state index is 14.9. The van der Waals surface area contributed by atoms with Gasteiger partial charge in [-0.1, -0.05) is 28.1 Å². The van der Waals surface area contributed by atoms with Crippen LogP contribution < -0.4 is 0 Å². The molecule has 1 amide bonds. The molecule has 0 atom stereocenters. The molecule has 1 aliphatic rings. The molecular formula is C17H23BrFNO2. The summed E-state index contributed by atoms with van der Waals surface area (Å²) in [4.78, 5) is 13.6. The molecule has 2 rings (SSSR count). The van der Waals surface area contributed by atoms with Crippen LogP contribution in [0.1, 0.15) is 39.2 Å². The molecule has 1 aromatic carbocycles. The number of likely N-dealkylation sites (tertiary alicyclic amines) is 1. The van der Waals surface area contributed by atoms with E-state index < -0.39 is 11.3 Å². The first kappa shape index (κ1) is 17.3. The smallest absolute Gasteiger partial charge is 0.410 e. The van der Waals surface area contributed by atoms with Gasteiger partial charge in [0.2, 0.25) is 0 Å². The Labute approximate surface area is 140 Å². The van der Waals surface area contributed by atoms with Gasteiger partial charge < -0.3 is 9.64 Å². The molecule has 0 aromatic heterocycles. The molecule has 0 spiro atoms. The molecule has 0 N–H and O–H groups in total. The summed E-state index contributed by atoms with van der Waals surface area (Å²) in [5.41, 5.74) is -0.776. The molecule has 0 unspecified atom stereocenters. The van der Waals surface area contributed by atoms with Crippen LogP contribution in [0, 0.1) is 0 Å². The number of hydrogen-bond acceptors (Lipinski definition) is 2. The van der Waals surface area contributed by atoms with Gasteiger partial charge in [0.25, 0.3) is 0 Å². The molecule has 0 bridgehead atoms. The second-order valence-electron chi connectivity index (χ2n) is 6.92. The zero-order chi connectivity index (χ0) is 16.4. The number of alkyl halides is 1. The van der Waals surface area contributed by atoms with E-state index in [4.69, 9.17) is 4.74 Å². The van der Waals surface area contributed by atoms with Crippen LogP contribution >= 0.6 is 15.9 Å². The number of piperidine rings is 1. The maximum Gasteiger partial charge on any atom is 0.410 e. The predicted molar refractivity (Wildman–Crippen MR) is 88.7 cm³/mol. The Kier molecular flexibility index (Phi) is 5.15. The fourth-order valence-corrected chi connectivity index (χ4v) is 2.83. The van der Waals surface area contributed by atoms with Gasteiger partial charge in [-0.25, -0.2) is 9.18 Å². The fourth-order valence-electron chi connectivity index (χ4n) is 2.56. The maximum absolute atomic E-state index is 14.9. The van der Waals surface area contributed by atoms with Gasteiger partial charge in [-0.15, -0.1) is 0 Å². The summed E-state index contributed by atoms with van der Waals surface area (Å²) in [6.45, 7) is 6.31. The van der Waals surface area contributed by atoms with Crippen molar-refractivity contribution in [2.75, 3.05) is 13.1 Å². The average Bonchev–Trinajstić information content (AvgIpc) is 2.40. The number of carbonyl (C=O) groups excluding carboxylic acids is 1. The number of nitrogens with zero attached hydrogens (tertiary/aromatic N) is 1.